The van der Waals surface area contributed by atoms with Crippen molar-refractivity contribution in [2.24, 2.45) is 0 Å². The van der Waals surface area contributed by atoms with Crippen LogP contribution < -0.4 is 5.32 Å². The van der Waals surface area contributed by atoms with Crippen molar-refractivity contribution in [1.82, 2.24) is 10.2 Å². The summed E-state index contributed by atoms with van der Waals surface area (Å²) in [7, 11) is 0. The van der Waals surface area contributed by atoms with Gasteiger partial charge in [-0.2, -0.15) is 0 Å². The largest absolute Gasteiger partial charge is 0.373 e. The second kappa shape index (κ2) is 7.03. The molecular formula is C16H28N2OS. The molecule has 1 fully saturated rings. The maximum atomic E-state index is 5.81. The minimum Gasteiger partial charge on any atom is -0.373 e. The number of hydrogen-bond acceptors (Lipinski definition) is 4. The topological polar surface area (TPSA) is 24.5 Å². The third kappa shape index (κ3) is 4.55. The monoisotopic (exact) mass is 296 g/mol. The molecular weight excluding hydrogens is 268 g/mol. The van der Waals surface area contributed by atoms with Gasteiger partial charge in [0.15, 0.2) is 0 Å². The Morgan fingerprint density at radius 3 is 2.60 bits per heavy atom. The second-order valence-electron chi connectivity index (χ2n) is 6.28. The van der Waals surface area contributed by atoms with Crippen LogP contribution in [0, 0.1) is 6.92 Å². The summed E-state index contributed by atoms with van der Waals surface area (Å²) in [4.78, 5) is 5.42. The van der Waals surface area contributed by atoms with E-state index < -0.39 is 0 Å². The molecule has 0 amide bonds. The van der Waals surface area contributed by atoms with Crippen molar-refractivity contribution in [1.29, 1.82) is 0 Å². The maximum absolute atomic E-state index is 5.81. The van der Waals surface area contributed by atoms with E-state index in [9.17, 15) is 0 Å². The van der Waals surface area contributed by atoms with Crippen LogP contribution in [0.25, 0.3) is 0 Å². The molecule has 0 aliphatic carbocycles. The highest BCUT2D eigenvalue weighted by Crippen LogP contribution is 2.24. The van der Waals surface area contributed by atoms with Crippen molar-refractivity contribution in [2.75, 3.05) is 13.1 Å². The third-order valence-electron chi connectivity index (χ3n) is 3.65. The van der Waals surface area contributed by atoms with Gasteiger partial charge in [0, 0.05) is 42.0 Å². The van der Waals surface area contributed by atoms with E-state index in [4.69, 9.17) is 4.74 Å². The first-order valence-corrected chi connectivity index (χ1v) is 8.45. The average Bonchev–Trinajstić information content (AvgIpc) is 2.66. The Bertz CT molecular complexity index is 420. The van der Waals surface area contributed by atoms with Gasteiger partial charge in [0.05, 0.1) is 12.2 Å². The van der Waals surface area contributed by atoms with Crippen molar-refractivity contribution in [3.63, 3.8) is 0 Å². The van der Waals surface area contributed by atoms with Crippen LogP contribution in [0.2, 0.25) is 0 Å². The highest BCUT2D eigenvalue weighted by Gasteiger charge is 2.22. The van der Waals surface area contributed by atoms with Crippen molar-refractivity contribution in [3.05, 3.63) is 21.4 Å². The first-order valence-electron chi connectivity index (χ1n) is 7.63. The van der Waals surface area contributed by atoms with Gasteiger partial charge in [-0.3, -0.25) is 4.90 Å². The van der Waals surface area contributed by atoms with Gasteiger partial charge in [-0.15, -0.1) is 11.3 Å². The van der Waals surface area contributed by atoms with Crippen molar-refractivity contribution in [2.45, 2.75) is 66.0 Å². The first-order chi connectivity index (χ1) is 9.44. The van der Waals surface area contributed by atoms with Crippen LogP contribution in [0.1, 0.15) is 43.0 Å². The Kier molecular flexibility index (Phi) is 5.61. The van der Waals surface area contributed by atoms with Crippen LogP contribution in [0.4, 0.5) is 0 Å². The lowest BCUT2D eigenvalue weighted by atomic mass is 10.2. The minimum absolute atomic E-state index is 0.347. The van der Waals surface area contributed by atoms with Crippen molar-refractivity contribution >= 4 is 11.3 Å². The molecule has 1 aromatic rings. The molecule has 1 N–H and O–H groups in total. The maximum Gasteiger partial charge on any atom is 0.0678 e. The molecule has 1 saturated heterocycles. The summed E-state index contributed by atoms with van der Waals surface area (Å²) in [5, 5.41) is 3.50. The number of aryl methyl sites for hydroxylation is 1. The number of nitrogens with one attached hydrogen (secondary N) is 1. The fraction of sp³-hybridized carbons (Fsp3) is 0.750. The molecule has 1 aromatic heterocycles. The normalized spacial score (nSPS) is 24.5. The molecule has 0 saturated carbocycles. The van der Waals surface area contributed by atoms with Gasteiger partial charge >= 0.3 is 0 Å². The summed E-state index contributed by atoms with van der Waals surface area (Å²) in [5.74, 6) is 0. The van der Waals surface area contributed by atoms with Gasteiger partial charge < -0.3 is 10.1 Å². The standard InChI is InChI=1S/C16H28N2OS/c1-11(2)17-7-16-6-15(14(5)20-16)10-18-8-12(3)19-13(4)9-18/h6,11-13,17H,7-10H2,1-5H3. The van der Waals surface area contributed by atoms with E-state index >= 15 is 0 Å². The Balaban J connectivity index is 1.95. The van der Waals surface area contributed by atoms with Gasteiger partial charge in [-0.1, -0.05) is 13.8 Å². The van der Waals surface area contributed by atoms with E-state index in [0.29, 0.717) is 18.2 Å². The Hall–Kier alpha value is -0.420. The van der Waals surface area contributed by atoms with Crippen LogP contribution in [-0.4, -0.2) is 36.2 Å². The zero-order valence-electron chi connectivity index (χ0n) is 13.4. The Morgan fingerprint density at radius 1 is 1.35 bits per heavy atom. The summed E-state index contributed by atoms with van der Waals surface area (Å²) in [6, 6.07) is 2.92. The summed E-state index contributed by atoms with van der Waals surface area (Å²) in [6.45, 7) is 15.1. The van der Waals surface area contributed by atoms with Crippen LogP contribution >= 0.6 is 11.3 Å². The minimum atomic E-state index is 0.347. The fourth-order valence-electron chi connectivity index (χ4n) is 2.79. The van der Waals surface area contributed by atoms with Crippen LogP contribution in [0.3, 0.4) is 0 Å². The molecule has 2 heterocycles. The van der Waals surface area contributed by atoms with Crippen molar-refractivity contribution < 1.29 is 4.74 Å². The Morgan fingerprint density at radius 2 is 2.00 bits per heavy atom. The smallest absolute Gasteiger partial charge is 0.0678 e. The highest BCUT2D eigenvalue weighted by atomic mass is 32.1. The number of rotatable bonds is 5. The molecule has 4 heteroatoms. The first kappa shape index (κ1) is 16.0. The lowest BCUT2D eigenvalue weighted by molar-refractivity contribution is -0.0705. The van der Waals surface area contributed by atoms with Crippen molar-refractivity contribution in [3.8, 4) is 0 Å². The third-order valence-corrected chi connectivity index (χ3v) is 4.74. The average molecular weight is 296 g/mol. The van der Waals surface area contributed by atoms with E-state index in [1.165, 1.54) is 15.3 Å². The second-order valence-corrected chi connectivity index (χ2v) is 7.62. The van der Waals surface area contributed by atoms with E-state index in [2.05, 4.69) is 50.9 Å². The van der Waals surface area contributed by atoms with E-state index in [0.717, 1.165) is 26.2 Å². The van der Waals surface area contributed by atoms with Gasteiger partial charge in [0.1, 0.15) is 0 Å². The fourth-order valence-corrected chi connectivity index (χ4v) is 3.80. The molecule has 0 aromatic carbocycles. The Labute approximate surface area is 127 Å². The summed E-state index contributed by atoms with van der Waals surface area (Å²) < 4.78 is 5.81. The number of thiophene rings is 1. The van der Waals surface area contributed by atoms with Gasteiger partial charge in [0.2, 0.25) is 0 Å². The number of morpholine rings is 1. The summed E-state index contributed by atoms with van der Waals surface area (Å²) in [5.41, 5.74) is 1.48. The number of ether oxygens (including phenoxy) is 1. The van der Waals surface area contributed by atoms with Gasteiger partial charge in [-0.05, 0) is 32.4 Å². The summed E-state index contributed by atoms with van der Waals surface area (Å²) in [6.07, 6.45) is 0.694. The molecule has 2 atom stereocenters. The molecule has 20 heavy (non-hydrogen) atoms. The van der Waals surface area contributed by atoms with Gasteiger partial charge in [-0.25, -0.2) is 0 Å². The van der Waals surface area contributed by atoms with E-state index in [-0.39, 0.29) is 0 Å². The van der Waals surface area contributed by atoms with Gasteiger partial charge in [0.25, 0.3) is 0 Å². The molecule has 1 aliphatic heterocycles. The van der Waals surface area contributed by atoms with Crippen LogP contribution in [0.5, 0.6) is 0 Å². The predicted octanol–water partition coefficient (Wildman–Crippen LogP) is 3.16. The van der Waals surface area contributed by atoms with E-state index in [1.54, 1.807) is 0 Å². The predicted molar refractivity (Wildman–Crippen MR) is 86.3 cm³/mol. The van der Waals surface area contributed by atoms with Crippen LogP contribution in [0.15, 0.2) is 6.07 Å². The number of hydrogen-bond donors (Lipinski definition) is 1. The molecule has 0 radical (unpaired) electrons. The quantitative estimate of drug-likeness (QED) is 0.903. The molecule has 1 aliphatic rings. The lowest BCUT2D eigenvalue weighted by Crippen LogP contribution is -2.44. The molecule has 0 bridgehead atoms. The highest BCUT2D eigenvalue weighted by molar-refractivity contribution is 7.12. The zero-order valence-corrected chi connectivity index (χ0v) is 14.2. The molecule has 2 rings (SSSR count). The number of nitrogens with zero attached hydrogens (tertiary/aromatic N) is 1. The molecule has 3 nitrogen and oxygen atoms in total. The molecule has 0 spiro atoms. The zero-order chi connectivity index (χ0) is 14.7. The molecule has 2 unspecified atom stereocenters. The molecule has 114 valence electrons. The van der Waals surface area contributed by atoms with Crippen LogP contribution in [-0.2, 0) is 17.8 Å². The lowest BCUT2D eigenvalue weighted by Gasteiger charge is -2.35. The van der Waals surface area contributed by atoms with E-state index in [1.807, 2.05) is 11.3 Å². The summed E-state index contributed by atoms with van der Waals surface area (Å²) >= 11 is 1.93. The SMILES string of the molecule is Cc1sc(CNC(C)C)cc1CN1CC(C)OC(C)C1.